The molecule has 1 aromatic rings. The number of aromatic nitrogens is 3. The standard InChI is InChI=1S/C17H27N5O3/c1-19-17(24)22-12-13(2-3-15(22)18-19)16(23)21-8-6-20(7-9-21)14-4-10-25-11-5-14/h13-14H,2-12H2,1H3. The predicted octanol–water partition coefficient (Wildman–Crippen LogP) is -0.533. The van der Waals surface area contributed by atoms with Gasteiger partial charge in [0, 0.05) is 65.4 Å². The summed E-state index contributed by atoms with van der Waals surface area (Å²) < 4.78 is 8.48. The Morgan fingerprint density at radius 1 is 1.12 bits per heavy atom. The maximum absolute atomic E-state index is 12.9. The smallest absolute Gasteiger partial charge is 0.345 e. The van der Waals surface area contributed by atoms with Crippen LogP contribution in [0.1, 0.15) is 25.1 Å². The van der Waals surface area contributed by atoms with Crippen LogP contribution in [0.25, 0.3) is 0 Å². The monoisotopic (exact) mass is 349 g/mol. The summed E-state index contributed by atoms with van der Waals surface area (Å²) in [6, 6.07) is 0.609. The van der Waals surface area contributed by atoms with Crippen molar-refractivity contribution in [2.45, 2.75) is 38.3 Å². The number of rotatable bonds is 2. The Kier molecular flexibility index (Phi) is 4.64. The molecule has 3 aliphatic rings. The van der Waals surface area contributed by atoms with Crippen LogP contribution in [0, 0.1) is 5.92 Å². The minimum Gasteiger partial charge on any atom is -0.381 e. The highest BCUT2D eigenvalue weighted by Gasteiger charge is 2.33. The second-order valence-corrected chi connectivity index (χ2v) is 7.37. The Bertz CT molecular complexity index is 683. The highest BCUT2D eigenvalue weighted by molar-refractivity contribution is 5.79. The third kappa shape index (κ3) is 3.25. The van der Waals surface area contributed by atoms with E-state index < -0.39 is 0 Å². The van der Waals surface area contributed by atoms with Crippen molar-refractivity contribution < 1.29 is 9.53 Å². The molecule has 0 aromatic carbocycles. The van der Waals surface area contributed by atoms with Gasteiger partial charge in [-0.05, 0) is 19.3 Å². The third-order valence-corrected chi connectivity index (χ3v) is 5.89. The molecule has 0 spiro atoms. The maximum atomic E-state index is 12.9. The van der Waals surface area contributed by atoms with E-state index in [1.807, 2.05) is 4.90 Å². The van der Waals surface area contributed by atoms with Gasteiger partial charge in [-0.25, -0.2) is 9.48 Å². The Balaban J connectivity index is 1.35. The fourth-order valence-corrected chi connectivity index (χ4v) is 4.36. The topological polar surface area (TPSA) is 72.6 Å². The van der Waals surface area contributed by atoms with Gasteiger partial charge in [-0.1, -0.05) is 0 Å². The molecule has 1 unspecified atom stereocenters. The van der Waals surface area contributed by atoms with Gasteiger partial charge < -0.3 is 9.64 Å². The van der Waals surface area contributed by atoms with Crippen LogP contribution in [0.15, 0.2) is 4.79 Å². The summed E-state index contributed by atoms with van der Waals surface area (Å²) in [6.07, 6.45) is 3.69. The molecular formula is C17H27N5O3. The van der Waals surface area contributed by atoms with Gasteiger partial charge in [-0.15, -0.1) is 0 Å². The number of hydrogen-bond donors (Lipinski definition) is 0. The zero-order chi connectivity index (χ0) is 17.4. The molecule has 1 aromatic heterocycles. The van der Waals surface area contributed by atoms with Crippen LogP contribution >= 0.6 is 0 Å². The highest BCUT2D eigenvalue weighted by Crippen LogP contribution is 2.22. The van der Waals surface area contributed by atoms with Crippen molar-refractivity contribution in [3.05, 3.63) is 16.3 Å². The molecule has 1 atom stereocenters. The van der Waals surface area contributed by atoms with Crippen molar-refractivity contribution in [2.75, 3.05) is 39.4 Å². The van der Waals surface area contributed by atoms with Gasteiger partial charge >= 0.3 is 5.69 Å². The molecule has 1 amide bonds. The first-order valence-corrected chi connectivity index (χ1v) is 9.37. The molecule has 8 heteroatoms. The molecule has 4 rings (SSSR count). The molecule has 0 aliphatic carbocycles. The first kappa shape index (κ1) is 16.8. The van der Waals surface area contributed by atoms with Crippen LogP contribution in [-0.4, -0.2) is 75.5 Å². The van der Waals surface area contributed by atoms with E-state index in [1.165, 1.54) is 4.68 Å². The maximum Gasteiger partial charge on any atom is 0.345 e. The van der Waals surface area contributed by atoms with Crippen molar-refractivity contribution >= 4 is 5.91 Å². The van der Waals surface area contributed by atoms with Crippen LogP contribution in [0.3, 0.4) is 0 Å². The van der Waals surface area contributed by atoms with Gasteiger partial charge in [0.2, 0.25) is 5.91 Å². The summed E-state index contributed by atoms with van der Waals surface area (Å²) in [5.41, 5.74) is -0.114. The van der Waals surface area contributed by atoms with Crippen molar-refractivity contribution in [3.8, 4) is 0 Å². The molecule has 2 saturated heterocycles. The fraction of sp³-hybridized carbons (Fsp3) is 0.824. The molecule has 4 heterocycles. The van der Waals surface area contributed by atoms with Gasteiger partial charge in [-0.2, -0.15) is 5.10 Å². The minimum absolute atomic E-state index is 0.0935. The van der Waals surface area contributed by atoms with E-state index in [4.69, 9.17) is 4.74 Å². The quantitative estimate of drug-likeness (QED) is 0.718. The average molecular weight is 349 g/mol. The predicted molar refractivity (Wildman–Crippen MR) is 91.3 cm³/mol. The molecule has 3 aliphatic heterocycles. The first-order valence-electron chi connectivity index (χ1n) is 9.37. The van der Waals surface area contributed by atoms with E-state index in [-0.39, 0.29) is 17.5 Å². The summed E-state index contributed by atoms with van der Waals surface area (Å²) >= 11 is 0. The first-order chi connectivity index (χ1) is 12.1. The number of piperazine rings is 1. The van der Waals surface area contributed by atoms with Crippen molar-refractivity contribution in [1.82, 2.24) is 24.1 Å². The Hall–Kier alpha value is -1.67. The molecule has 25 heavy (non-hydrogen) atoms. The molecule has 0 N–H and O–H groups in total. The number of fused-ring (bicyclic) bond motifs is 1. The van der Waals surface area contributed by atoms with E-state index in [0.717, 1.165) is 64.5 Å². The largest absolute Gasteiger partial charge is 0.381 e. The van der Waals surface area contributed by atoms with Crippen LogP contribution in [0.5, 0.6) is 0 Å². The summed E-state index contributed by atoms with van der Waals surface area (Å²) in [5, 5.41) is 4.24. The van der Waals surface area contributed by atoms with Gasteiger partial charge in [0.25, 0.3) is 0 Å². The Morgan fingerprint density at radius 3 is 2.56 bits per heavy atom. The van der Waals surface area contributed by atoms with Gasteiger partial charge in [0.05, 0.1) is 5.92 Å². The number of nitrogens with zero attached hydrogens (tertiary/aromatic N) is 5. The molecule has 8 nitrogen and oxygen atoms in total. The number of carbonyl (C=O) groups is 1. The zero-order valence-corrected chi connectivity index (χ0v) is 14.9. The second-order valence-electron chi connectivity index (χ2n) is 7.37. The Morgan fingerprint density at radius 2 is 1.84 bits per heavy atom. The highest BCUT2D eigenvalue weighted by atomic mass is 16.5. The van der Waals surface area contributed by atoms with Crippen molar-refractivity contribution in [3.63, 3.8) is 0 Å². The Labute approximate surface area is 147 Å². The summed E-state index contributed by atoms with van der Waals surface area (Å²) in [6.45, 7) is 5.66. The number of aryl methyl sites for hydroxylation is 2. The van der Waals surface area contributed by atoms with Crippen molar-refractivity contribution in [2.24, 2.45) is 13.0 Å². The summed E-state index contributed by atoms with van der Waals surface area (Å²) in [4.78, 5) is 29.5. The van der Waals surface area contributed by atoms with Gasteiger partial charge in [0.1, 0.15) is 5.82 Å². The van der Waals surface area contributed by atoms with Crippen LogP contribution in [0.4, 0.5) is 0 Å². The fourth-order valence-electron chi connectivity index (χ4n) is 4.36. The van der Waals surface area contributed by atoms with Crippen molar-refractivity contribution in [1.29, 1.82) is 0 Å². The normalized spacial score (nSPS) is 25.8. The van der Waals surface area contributed by atoms with Crippen LogP contribution in [0.2, 0.25) is 0 Å². The summed E-state index contributed by atoms with van der Waals surface area (Å²) in [5.74, 6) is 0.915. The molecule has 0 bridgehead atoms. The lowest BCUT2D eigenvalue weighted by Crippen LogP contribution is -2.54. The van der Waals surface area contributed by atoms with E-state index in [9.17, 15) is 9.59 Å². The molecule has 138 valence electrons. The van der Waals surface area contributed by atoms with E-state index in [1.54, 1.807) is 11.6 Å². The lowest BCUT2D eigenvalue weighted by Gasteiger charge is -2.41. The van der Waals surface area contributed by atoms with Gasteiger partial charge in [-0.3, -0.25) is 14.3 Å². The lowest BCUT2D eigenvalue weighted by atomic mass is 9.97. The van der Waals surface area contributed by atoms with Crippen LogP contribution in [-0.2, 0) is 29.5 Å². The lowest BCUT2D eigenvalue weighted by molar-refractivity contribution is -0.139. The zero-order valence-electron chi connectivity index (χ0n) is 14.9. The molecule has 0 radical (unpaired) electrons. The molecule has 0 saturated carbocycles. The number of amides is 1. The summed E-state index contributed by atoms with van der Waals surface area (Å²) in [7, 11) is 1.67. The minimum atomic E-state index is -0.114. The third-order valence-electron chi connectivity index (χ3n) is 5.89. The average Bonchev–Trinajstić information content (AvgIpc) is 2.95. The van der Waals surface area contributed by atoms with E-state index in [2.05, 4.69) is 10.00 Å². The van der Waals surface area contributed by atoms with Crippen LogP contribution < -0.4 is 5.69 Å². The van der Waals surface area contributed by atoms with Gasteiger partial charge in [0.15, 0.2) is 0 Å². The van der Waals surface area contributed by atoms with E-state index in [0.29, 0.717) is 19.0 Å². The number of ether oxygens (including phenoxy) is 1. The second kappa shape index (κ2) is 6.92. The van der Waals surface area contributed by atoms with E-state index >= 15 is 0 Å². The number of hydrogen-bond acceptors (Lipinski definition) is 5. The number of carbonyl (C=O) groups excluding carboxylic acids is 1. The molecular weight excluding hydrogens is 322 g/mol. The molecule has 2 fully saturated rings. The SMILES string of the molecule is Cn1nc2n(c1=O)CC(C(=O)N1CCN(C3CCOCC3)CC1)CC2.